The van der Waals surface area contributed by atoms with Crippen LogP contribution in [0.1, 0.15) is 5.82 Å². The lowest BCUT2D eigenvalue weighted by molar-refractivity contribution is 0.268. The summed E-state index contributed by atoms with van der Waals surface area (Å²) in [4.78, 5) is 4.34. The molecule has 2 aromatic carbocycles. The average Bonchev–Trinajstić information content (AvgIpc) is 2.84. The van der Waals surface area contributed by atoms with Gasteiger partial charge in [-0.3, -0.25) is 0 Å². The summed E-state index contributed by atoms with van der Waals surface area (Å²) in [7, 11) is 3.49. The van der Waals surface area contributed by atoms with Gasteiger partial charge < -0.3 is 19.1 Å². The highest BCUT2D eigenvalue weighted by molar-refractivity contribution is 5.77. The van der Waals surface area contributed by atoms with E-state index in [1.807, 2.05) is 54.1 Å². The van der Waals surface area contributed by atoms with Gasteiger partial charge in [-0.2, -0.15) is 0 Å². The molecule has 0 atom stereocenters. The fourth-order valence-electron chi connectivity index (χ4n) is 2.23. The summed E-state index contributed by atoms with van der Waals surface area (Å²) in [6, 6.07) is 13.1. The molecule has 1 N–H and O–H groups in total. The minimum absolute atomic E-state index is 0.0861. The first-order valence-electron chi connectivity index (χ1n) is 6.59. The molecule has 0 bridgehead atoms. The van der Waals surface area contributed by atoms with E-state index in [2.05, 4.69) is 4.98 Å². The summed E-state index contributed by atoms with van der Waals surface area (Å²) in [5.41, 5.74) is 1.75. The van der Waals surface area contributed by atoms with Crippen molar-refractivity contribution in [2.24, 2.45) is 7.05 Å². The Bertz CT molecular complexity index is 780. The van der Waals surface area contributed by atoms with Crippen LogP contribution in [0.4, 0.5) is 0 Å². The molecule has 0 radical (unpaired) electrons. The van der Waals surface area contributed by atoms with Crippen molar-refractivity contribution >= 4 is 11.0 Å². The van der Waals surface area contributed by atoms with Crippen molar-refractivity contribution in [3.63, 3.8) is 0 Å². The third kappa shape index (κ3) is 2.55. The summed E-state index contributed by atoms with van der Waals surface area (Å²) < 4.78 is 12.9. The molecule has 1 aromatic heterocycles. The number of hydrogen-bond acceptors (Lipinski definition) is 4. The van der Waals surface area contributed by atoms with Gasteiger partial charge in [-0.1, -0.05) is 6.07 Å². The molecular formula is C16H16N2O3. The molecule has 108 valence electrons. The first kappa shape index (κ1) is 13.5. The van der Waals surface area contributed by atoms with Gasteiger partial charge >= 0.3 is 0 Å². The zero-order chi connectivity index (χ0) is 14.8. The number of benzene rings is 2. The lowest BCUT2D eigenvalue weighted by atomic mass is 10.3. The highest BCUT2D eigenvalue weighted by Gasteiger charge is 2.08. The van der Waals surface area contributed by atoms with E-state index in [4.69, 9.17) is 9.47 Å². The van der Waals surface area contributed by atoms with Crippen LogP contribution >= 0.6 is 0 Å². The number of rotatable bonds is 4. The van der Waals surface area contributed by atoms with Crippen molar-refractivity contribution in [3.8, 4) is 17.2 Å². The number of aryl methyl sites for hydroxylation is 1. The van der Waals surface area contributed by atoms with E-state index in [1.54, 1.807) is 7.11 Å². The fraction of sp³-hybridized carbons (Fsp3) is 0.188. The Hall–Kier alpha value is -2.53. The maximum atomic E-state index is 9.25. The van der Waals surface area contributed by atoms with Crippen molar-refractivity contribution in [1.29, 1.82) is 0 Å². The molecule has 0 spiro atoms. The van der Waals surface area contributed by atoms with E-state index in [-0.39, 0.29) is 6.61 Å². The van der Waals surface area contributed by atoms with E-state index in [1.165, 1.54) is 0 Å². The minimum atomic E-state index is -0.0861. The van der Waals surface area contributed by atoms with Crippen LogP contribution in [0.3, 0.4) is 0 Å². The Labute approximate surface area is 122 Å². The van der Waals surface area contributed by atoms with Crippen molar-refractivity contribution in [2.45, 2.75) is 6.61 Å². The standard InChI is InChI=1S/C16H16N2O3/c1-18-15-9-13(6-7-14(15)17-16(18)10-19)21-12-5-3-4-11(8-12)20-2/h3-9,19H,10H2,1-2H3. The fourth-order valence-corrected chi connectivity index (χ4v) is 2.23. The van der Waals surface area contributed by atoms with Gasteiger partial charge in [0, 0.05) is 19.2 Å². The SMILES string of the molecule is COc1cccc(Oc2ccc3nc(CO)n(C)c3c2)c1. The molecule has 1 heterocycles. The van der Waals surface area contributed by atoms with Crippen molar-refractivity contribution in [3.05, 3.63) is 48.3 Å². The quantitative estimate of drug-likeness (QED) is 0.800. The van der Waals surface area contributed by atoms with Crippen LogP contribution in [-0.4, -0.2) is 21.8 Å². The number of aliphatic hydroxyl groups excluding tert-OH is 1. The molecule has 0 saturated carbocycles. The van der Waals surface area contributed by atoms with E-state index in [9.17, 15) is 5.11 Å². The maximum absolute atomic E-state index is 9.25. The third-order valence-corrected chi connectivity index (χ3v) is 3.36. The number of methoxy groups -OCH3 is 1. The molecule has 0 aliphatic heterocycles. The summed E-state index contributed by atoms with van der Waals surface area (Å²) >= 11 is 0. The summed E-state index contributed by atoms with van der Waals surface area (Å²) in [6.07, 6.45) is 0. The largest absolute Gasteiger partial charge is 0.497 e. The molecule has 0 fully saturated rings. The molecule has 0 unspecified atom stereocenters. The van der Waals surface area contributed by atoms with Crippen LogP contribution in [0.15, 0.2) is 42.5 Å². The second kappa shape index (κ2) is 5.46. The van der Waals surface area contributed by atoms with E-state index in [0.717, 1.165) is 16.8 Å². The van der Waals surface area contributed by atoms with Crippen molar-refractivity contribution in [1.82, 2.24) is 9.55 Å². The molecule has 5 nitrogen and oxygen atoms in total. The molecule has 0 aliphatic carbocycles. The van der Waals surface area contributed by atoms with Crippen LogP contribution in [0.5, 0.6) is 17.2 Å². The minimum Gasteiger partial charge on any atom is -0.497 e. The summed E-state index contributed by atoms with van der Waals surface area (Å²) in [5.74, 6) is 2.79. The molecule has 0 aliphatic rings. The zero-order valence-electron chi connectivity index (χ0n) is 11.9. The monoisotopic (exact) mass is 284 g/mol. The second-order valence-electron chi connectivity index (χ2n) is 4.68. The van der Waals surface area contributed by atoms with Gasteiger partial charge in [-0.15, -0.1) is 0 Å². The average molecular weight is 284 g/mol. The van der Waals surface area contributed by atoms with Gasteiger partial charge in [0.05, 0.1) is 18.1 Å². The maximum Gasteiger partial charge on any atom is 0.135 e. The van der Waals surface area contributed by atoms with E-state index >= 15 is 0 Å². The topological polar surface area (TPSA) is 56.5 Å². The van der Waals surface area contributed by atoms with E-state index < -0.39 is 0 Å². The van der Waals surface area contributed by atoms with Crippen LogP contribution in [-0.2, 0) is 13.7 Å². The molecular weight excluding hydrogens is 268 g/mol. The Morgan fingerprint density at radius 1 is 1.10 bits per heavy atom. The van der Waals surface area contributed by atoms with Gasteiger partial charge in [0.2, 0.25) is 0 Å². The molecule has 5 heteroatoms. The third-order valence-electron chi connectivity index (χ3n) is 3.36. The molecule has 3 rings (SSSR count). The predicted octanol–water partition coefficient (Wildman–Crippen LogP) is 2.87. The molecule has 0 saturated heterocycles. The van der Waals surface area contributed by atoms with Gasteiger partial charge in [-0.25, -0.2) is 4.98 Å². The summed E-state index contributed by atoms with van der Waals surface area (Å²) in [5, 5.41) is 9.25. The van der Waals surface area contributed by atoms with E-state index in [0.29, 0.717) is 17.3 Å². The van der Waals surface area contributed by atoms with Crippen LogP contribution in [0.2, 0.25) is 0 Å². The Morgan fingerprint density at radius 3 is 2.62 bits per heavy atom. The van der Waals surface area contributed by atoms with Gasteiger partial charge in [0.1, 0.15) is 29.7 Å². The smallest absolute Gasteiger partial charge is 0.135 e. The number of imidazole rings is 1. The molecule has 21 heavy (non-hydrogen) atoms. The first-order valence-corrected chi connectivity index (χ1v) is 6.59. The summed E-state index contributed by atoms with van der Waals surface area (Å²) in [6.45, 7) is -0.0861. The molecule has 3 aromatic rings. The van der Waals surface area contributed by atoms with Gasteiger partial charge in [0.25, 0.3) is 0 Å². The van der Waals surface area contributed by atoms with Crippen LogP contribution in [0.25, 0.3) is 11.0 Å². The van der Waals surface area contributed by atoms with Crippen molar-refractivity contribution in [2.75, 3.05) is 7.11 Å². The highest BCUT2D eigenvalue weighted by atomic mass is 16.5. The van der Waals surface area contributed by atoms with Crippen molar-refractivity contribution < 1.29 is 14.6 Å². The number of fused-ring (bicyclic) bond motifs is 1. The Balaban J connectivity index is 1.95. The first-order chi connectivity index (χ1) is 10.2. The second-order valence-corrected chi connectivity index (χ2v) is 4.68. The Morgan fingerprint density at radius 2 is 1.86 bits per heavy atom. The number of hydrogen-bond donors (Lipinski definition) is 1. The van der Waals surface area contributed by atoms with Gasteiger partial charge in [-0.05, 0) is 24.3 Å². The number of aliphatic hydroxyl groups is 1. The molecule has 0 amide bonds. The predicted molar refractivity (Wildman–Crippen MR) is 79.7 cm³/mol. The Kier molecular flexibility index (Phi) is 3.50. The number of aromatic nitrogens is 2. The lowest BCUT2D eigenvalue weighted by Crippen LogP contribution is -1.96. The zero-order valence-corrected chi connectivity index (χ0v) is 11.9. The highest BCUT2D eigenvalue weighted by Crippen LogP contribution is 2.28. The van der Waals surface area contributed by atoms with Crippen LogP contribution < -0.4 is 9.47 Å². The number of nitrogens with zero attached hydrogens (tertiary/aromatic N) is 2. The lowest BCUT2D eigenvalue weighted by Gasteiger charge is -2.07. The van der Waals surface area contributed by atoms with Crippen LogP contribution in [0, 0.1) is 0 Å². The normalized spacial score (nSPS) is 10.8. The number of ether oxygens (including phenoxy) is 2. The van der Waals surface area contributed by atoms with Gasteiger partial charge in [0.15, 0.2) is 0 Å².